The van der Waals surface area contributed by atoms with Gasteiger partial charge >= 0.3 is 0 Å². The van der Waals surface area contributed by atoms with Gasteiger partial charge in [0, 0.05) is 18.7 Å². The number of ether oxygens (including phenoxy) is 2. The molecule has 2 aromatic carbocycles. The number of carbonyl (C=O) groups is 2. The molecular formula is C20H22N2O4. The van der Waals surface area contributed by atoms with Gasteiger partial charge in [-0.15, -0.1) is 0 Å². The Labute approximate surface area is 152 Å². The third kappa shape index (κ3) is 3.96. The molecule has 0 aromatic heterocycles. The molecule has 0 saturated carbocycles. The lowest BCUT2D eigenvalue weighted by Crippen LogP contribution is -2.38. The van der Waals surface area contributed by atoms with E-state index in [4.69, 9.17) is 9.47 Å². The van der Waals surface area contributed by atoms with Crippen LogP contribution in [0.25, 0.3) is 0 Å². The third-order valence-electron chi connectivity index (χ3n) is 4.37. The van der Waals surface area contributed by atoms with Crippen molar-refractivity contribution in [2.75, 3.05) is 25.7 Å². The Morgan fingerprint density at radius 2 is 1.85 bits per heavy atom. The normalized spacial score (nSPS) is 16.5. The summed E-state index contributed by atoms with van der Waals surface area (Å²) in [7, 11) is 3.13. The highest BCUT2D eigenvalue weighted by atomic mass is 16.5. The topological polar surface area (TPSA) is 67.9 Å². The van der Waals surface area contributed by atoms with Gasteiger partial charge in [-0.1, -0.05) is 24.3 Å². The zero-order chi connectivity index (χ0) is 18.5. The van der Waals surface area contributed by atoms with Crippen molar-refractivity contribution in [1.29, 1.82) is 0 Å². The van der Waals surface area contributed by atoms with Gasteiger partial charge in [-0.25, -0.2) is 0 Å². The van der Waals surface area contributed by atoms with Gasteiger partial charge in [-0.05, 0) is 29.8 Å². The molecule has 1 fully saturated rings. The summed E-state index contributed by atoms with van der Waals surface area (Å²) >= 11 is 0. The number of rotatable bonds is 6. The number of anilines is 1. The van der Waals surface area contributed by atoms with E-state index in [0.29, 0.717) is 24.5 Å². The molecule has 1 heterocycles. The Morgan fingerprint density at radius 3 is 2.54 bits per heavy atom. The monoisotopic (exact) mass is 354 g/mol. The number of nitrogens with zero attached hydrogens (tertiary/aromatic N) is 1. The zero-order valence-electron chi connectivity index (χ0n) is 14.9. The minimum absolute atomic E-state index is 0.0209. The molecule has 2 aromatic rings. The van der Waals surface area contributed by atoms with Crippen LogP contribution >= 0.6 is 0 Å². The number of benzene rings is 2. The SMILES string of the molecule is COc1ccc(CC(=O)N[C@@H]2CC(=O)N(c3ccccc3)C2)cc1OC. The molecule has 0 spiro atoms. The van der Waals surface area contributed by atoms with Crippen LogP contribution in [0.2, 0.25) is 0 Å². The fourth-order valence-electron chi connectivity index (χ4n) is 3.12. The van der Waals surface area contributed by atoms with E-state index in [0.717, 1.165) is 11.3 Å². The van der Waals surface area contributed by atoms with Crippen LogP contribution in [0.15, 0.2) is 48.5 Å². The van der Waals surface area contributed by atoms with Crippen LogP contribution in [0.4, 0.5) is 5.69 Å². The summed E-state index contributed by atoms with van der Waals surface area (Å²) in [6.07, 6.45) is 0.531. The van der Waals surface area contributed by atoms with Crippen molar-refractivity contribution < 1.29 is 19.1 Å². The largest absolute Gasteiger partial charge is 0.493 e. The van der Waals surface area contributed by atoms with Gasteiger partial charge in [-0.2, -0.15) is 0 Å². The van der Waals surface area contributed by atoms with E-state index in [1.165, 1.54) is 0 Å². The van der Waals surface area contributed by atoms with Gasteiger partial charge in [0.25, 0.3) is 0 Å². The van der Waals surface area contributed by atoms with Crippen LogP contribution in [-0.2, 0) is 16.0 Å². The van der Waals surface area contributed by atoms with Crippen LogP contribution < -0.4 is 19.7 Å². The lowest BCUT2D eigenvalue weighted by Gasteiger charge is -2.17. The maximum atomic E-state index is 12.4. The molecule has 0 radical (unpaired) electrons. The van der Waals surface area contributed by atoms with E-state index in [1.807, 2.05) is 36.4 Å². The Balaban J connectivity index is 1.60. The summed E-state index contributed by atoms with van der Waals surface area (Å²) < 4.78 is 10.5. The molecule has 0 bridgehead atoms. The molecule has 1 atom stereocenters. The molecule has 6 nitrogen and oxygen atoms in total. The molecule has 0 aliphatic carbocycles. The highest BCUT2D eigenvalue weighted by Crippen LogP contribution is 2.27. The van der Waals surface area contributed by atoms with Gasteiger partial charge in [0.2, 0.25) is 11.8 Å². The van der Waals surface area contributed by atoms with Crippen LogP contribution in [0.3, 0.4) is 0 Å². The second kappa shape index (κ2) is 7.91. The van der Waals surface area contributed by atoms with Gasteiger partial charge in [-0.3, -0.25) is 9.59 Å². The molecule has 1 aliphatic rings. The van der Waals surface area contributed by atoms with E-state index < -0.39 is 0 Å². The number of hydrogen-bond donors (Lipinski definition) is 1. The predicted octanol–water partition coefficient (Wildman–Crippen LogP) is 2.17. The van der Waals surface area contributed by atoms with E-state index >= 15 is 0 Å². The summed E-state index contributed by atoms with van der Waals surface area (Å²) in [5.41, 5.74) is 1.68. The number of amides is 2. The lowest BCUT2D eigenvalue weighted by molar-refractivity contribution is -0.121. The molecular weight excluding hydrogens is 332 g/mol. The second-order valence-electron chi connectivity index (χ2n) is 6.17. The standard InChI is InChI=1S/C20H22N2O4/c1-25-17-9-8-14(10-18(17)26-2)11-19(23)21-15-12-20(24)22(13-15)16-6-4-3-5-7-16/h3-10,15H,11-13H2,1-2H3,(H,21,23)/t15-/m1/s1. The van der Waals surface area contributed by atoms with Crippen molar-refractivity contribution in [2.24, 2.45) is 0 Å². The molecule has 2 amide bonds. The van der Waals surface area contributed by atoms with Crippen LogP contribution in [-0.4, -0.2) is 38.6 Å². The number of para-hydroxylation sites is 1. The van der Waals surface area contributed by atoms with Crippen molar-refractivity contribution in [3.8, 4) is 11.5 Å². The van der Waals surface area contributed by atoms with Gasteiger partial charge < -0.3 is 19.7 Å². The minimum atomic E-state index is -0.185. The van der Waals surface area contributed by atoms with Gasteiger partial charge in [0.15, 0.2) is 11.5 Å². The predicted molar refractivity (Wildman–Crippen MR) is 98.6 cm³/mol. The van der Waals surface area contributed by atoms with Gasteiger partial charge in [0.1, 0.15) is 0 Å². The Morgan fingerprint density at radius 1 is 1.12 bits per heavy atom. The Kier molecular flexibility index (Phi) is 5.41. The van der Waals surface area contributed by atoms with Crippen LogP contribution in [0.1, 0.15) is 12.0 Å². The lowest BCUT2D eigenvalue weighted by atomic mass is 10.1. The molecule has 1 saturated heterocycles. The minimum Gasteiger partial charge on any atom is -0.493 e. The first-order valence-corrected chi connectivity index (χ1v) is 8.46. The molecule has 3 rings (SSSR count). The summed E-state index contributed by atoms with van der Waals surface area (Å²) in [5, 5.41) is 2.95. The highest BCUT2D eigenvalue weighted by molar-refractivity contribution is 5.96. The molecule has 1 N–H and O–H groups in total. The van der Waals surface area contributed by atoms with Crippen molar-refractivity contribution >= 4 is 17.5 Å². The summed E-state index contributed by atoms with van der Waals surface area (Å²) in [5.74, 6) is 1.11. The molecule has 0 unspecified atom stereocenters. The van der Waals surface area contributed by atoms with E-state index in [-0.39, 0.29) is 24.3 Å². The Hall–Kier alpha value is -3.02. The number of carbonyl (C=O) groups excluding carboxylic acids is 2. The molecule has 136 valence electrons. The van der Waals surface area contributed by atoms with E-state index in [2.05, 4.69) is 5.32 Å². The summed E-state index contributed by atoms with van der Waals surface area (Å²) in [6, 6.07) is 14.7. The first-order chi connectivity index (χ1) is 12.6. The van der Waals surface area contributed by atoms with Crippen molar-refractivity contribution in [3.63, 3.8) is 0 Å². The quantitative estimate of drug-likeness (QED) is 0.863. The maximum absolute atomic E-state index is 12.4. The second-order valence-corrected chi connectivity index (χ2v) is 6.17. The summed E-state index contributed by atoms with van der Waals surface area (Å²) in [6.45, 7) is 0.487. The van der Waals surface area contributed by atoms with Crippen LogP contribution in [0.5, 0.6) is 11.5 Å². The number of hydrogen-bond acceptors (Lipinski definition) is 4. The smallest absolute Gasteiger partial charge is 0.229 e. The summed E-state index contributed by atoms with van der Waals surface area (Å²) in [4.78, 5) is 26.3. The molecule has 6 heteroatoms. The van der Waals surface area contributed by atoms with E-state index in [9.17, 15) is 9.59 Å². The van der Waals surface area contributed by atoms with Gasteiger partial charge in [0.05, 0.1) is 26.7 Å². The maximum Gasteiger partial charge on any atom is 0.229 e. The fraction of sp³-hybridized carbons (Fsp3) is 0.300. The highest BCUT2D eigenvalue weighted by Gasteiger charge is 2.31. The van der Waals surface area contributed by atoms with Crippen molar-refractivity contribution in [1.82, 2.24) is 5.32 Å². The first kappa shape index (κ1) is 17.8. The number of methoxy groups -OCH3 is 2. The average Bonchev–Trinajstić information content (AvgIpc) is 3.02. The number of nitrogens with one attached hydrogen (secondary N) is 1. The van der Waals surface area contributed by atoms with Crippen molar-refractivity contribution in [2.45, 2.75) is 18.9 Å². The van der Waals surface area contributed by atoms with E-state index in [1.54, 1.807) is 31.3 Å². The average molecular weight is 354 g/mol. The molecule has 26 heavy (non-hydrogen) atoms. The fourth-order valence-corrected chi connectivity index (χ4v) is 3.12. The zero-order valence-corrected chi connectivity index (χ0v) is 14.9. The van der Waals surface area contributed by atoms with Crippen molar-refractivity contribution in [3.05, 3.63) is 54.1 Å². The van der Waals surface area contributed by atoms with Crippen LogP contribution in [0, 0.1) is 0 Å². The first-order valence-electron chi connectivity index (χ1n) is 8.46. The third-order valence-corrected chi connectivity index (χ3v) is 4.37. The molecule has 1 aliphatic heterocycles. The Bertz CT molecular complexity index is 792.